The number of methoxy groups -OCH3 is 1. The van der Waals surface area contributed by atoms with E-state index in [4.69, 9.17) is 9.15 Å². The van der Waals surface area contributed by atoms with Crippen molar-refractivity contribution in [2.45, 2.75) is 26.1 Å². The number of nitrogens with zero attached hydrogens (tertiary/aromatic N) is 3. The summed E-state index contributed by atoms with van der Waals surface area (Å²) in [6, 6.07) is 3.36. The molecule has 128 valence electrons. The van der Waals surface area contributed by atoms with Crippen LogP contribution in [-0.4, -0.2) is 46.5 Å². The van der Waals surface area contributed by atoms with Crippen molar-refractivity contribution < 1.29 is 18.7 Å². The van der Waals surface area contributed by atoms with E-state index in [9.17, 15) is 9.59 Å². The van der Waals surface area contributed by atoms with E-state index < -0.39 is 0 Å². The van der Waals surface area contributed by atoms with Crippen LogP contribution in [0.25, 0.3) is 0 Å². The van der Waals surface area contributed by atoms with Gasteiger partial charge in [0.25, 0.3) is 5.91 Å². The van der Waals surface area contributed by atoms with Crippen LogP contribution < -0.4 is 5.32 Å². The Labute approximate surface area is 139 Å². The molecule has 0 saturated carbocycles. The zero-order chi connectivity index (χ0) is 17.1. The average Bonchev–Trinajstić information content (AvgIpc) is 3.23. The number of carbonyl (C=O) groups excluding carboxylic acids is 2. The van der Waals surface area contributed by atoms with Crippen molar-refractivity contribution >= 4 is 11.8 Å². The summed E-state index contributed by atoms with van der Waals surface area (Å²) in [6.45, 7) is 3.42. The minimum absolute atomic E-state index is 0.0432. The molecular weight excluding hydrogens is 312 g/mol. The van der Waals surface area contributed by atoms with Crippen LogP contribution in [-0.2, 0) is 22.6 Å². The van der Waals surface area contributed by atoms with Gasteiger partial charge in [-0.25, -0.2) is 4.98 Å². The Kier molecular flexibility index (Phi) is 4.66. The first-order valence-corrected chi connectivity index (χ1v) is 7.76. The second-order valence-corrected chi connectivity index (χ2v) is 5.64. The van der Waals surface area contributed by atoms with E-state index in [0.29, 0.717) is 36.9 Å². The van der Waals surface area contributed by atoms with Gasteiger partial charge >= 0.3 is 0 Å². The normalized spacial score (nSPS) is 16.8. The average molecular weight is 332 g/mol. The van der Waals surface area contributed by atoms with Gasteiger partial charge in [-0.2, -0.15) is 0 Å². The molecule has 2 amide bonds. The molecule has 0 saturated heterocycles. The predicted molar refractivity (Wildman–Crippen MR) is 84.1 cm³/mol. The Bertz CT molecular complexity index is 723. The summed E-state index contributed by atoms with van der Waals surface area (Å²) in [5, 5.41) is 2.77. The van der Waals surface area contributed by atoms with Crippen LogP contribution in [0.3, 0.4) is 0 Å². The minimum atomic E-state index is -0.268. The maximum atomic E-state index is 12.3. The Morgan fingerprint density at radius 1 is 1.46 bits per heavy atom. The lowest BCUT2D eigenvalue weighted by atomic mass is 10.2. The van der Waals surface area contributed by atoms with Gasteiger partial charge in [-0.05, 0) is 19.1 Å². The van der Waals surface area contributed by atoms with E-state index in [1.807, 2.05) is 11.5 Å². The molecule has 1 aliphatic heterocycles. The number of nitrogens with one attached hydrogen (secondary N) is 1. The summed E-state index contributed by atoms with van der Waals surface area (Å²) >= 11 is 0. The van der Waals surface area contributed by atoms with Crippen molar-refractivity contribution in [3.8, 4) is 0 Å². The third kappa shape index (κ3) is 3.18. The van der Waals surface area contributed by atoms with E-state index in [2.05, 4.69) is 10.3 Å². The number of fused-ring (bicyclic) bond motifs is 1. The molecule has 0 fully saturated rings. The first kappa shape index (κ1) is 16.3. The van der Waals surface area contributed by atoms with E-state index in [-0.39, 0.29) is 24.5 Å². The molecule has 0 aliphatic carbocycles. The quantitative estimate of drug-likeness (QED) is 0.881. The molecule has 8 heteroatoms. The lowest BCUT2D eigenvalue weighted by Gasteiger charge is -2.33. The zero-order valence-corrected chi connectivity index (χ0v) is 13.7. The number of rotatable bonds is 5. The van der Waals surface area contributed by atoms with Gasteiger partial charge in [0.15, 0.2) is 0 Å². The van der Waals surface area contributed by atoms with Gasteiger partial charge in [-0.15, -0.1) is 0 Å². The fourth-order valence-corrected chi connectivity index (χ4v) is 2.82. The fourth-order valence-electron chi connectivity index (χ4n) is 2.82. The van der Waals surface area contributed by atoms with Crippen LogP contribution in [0.2, 0.25) is 0 Å². The number of aromatic nitrogens is 2. The fraction of sp³-hybridized carbons (Fsp3) is 0.438. The molecule has 0 aromatic carbocycles. The highest BCUT2D eigenvalue weighted by Crippen LogP contribution is 2.24. The van der Waals surface area contributed by atoms with Gasteiger partial charge in [-0.1, -0.05) is 0 Å². The van der Waals surface area contributed by atoms with Crippen LogP contribution in [0.1, 0.15) is 35.0 Å². The van der Waals surface area contributed by atoms with Gasteiger partial charge in [0, 0.05) is 26.4 Å². The number of carbonyl (C=O) groups is 2. The SMILES string of the molecule is COCC(=O)N1CCn2cc(C(=O)NCc3ccco3)nc2[C@@H]1C. The maximum absolute atomic E-state index is 12.3. The van der Waals surface area contributed by atoms with Crippen molar-refractivity contribution in [1.82, 2.24) is 19.8 Å². The molecule has 2 aromatic rings. The zero-order valence-electron chi connectivity index (χ0n) is 13.7. The molecule has 0 unspecified atom stereocenters. The standard InChI is InChI=1S/C16H20N4O4/c1-11-15-18-13(16(22)17-8-12-4-3-7-24-12)9-19(15)5-6-20(11)14(21)10-23-2/h3-4,7,9,11H,5-6,8,10H2,1-2H3,(H,17,22)/t11-/m0/s1. The third-order valence-electron chi connectivity index (χ3n) is 4.05. The number of ether oxygens (including phenoxy) is 1. The highest BCUT2D eigenvalue weighted by molar-refractivity contribution is 5.92. The molecule has 1 aliphatic rings. The van der Waals surface area contributed by atoms with E-state index in [1.165, 1.54) is 7.11 Å². The maximum Gasteiger partial charge on any atom is 0.271 e. The van der Waals surface area contributed by atoms with Crippen LogP contribution in [0.15, 0.2) is 29.0 Å². The smallest absolute Gasteiger partial charge is 0.271 e. The van der Waals surface area contributed by atoms with Crippen molar-refractivity contribution in [3.05, 3.63) is 41.9 Å². The summed E-state index contributed by atoms with van der Waals surface area (Å²) in [5.74, 6) is 1.03. The molecular formula is C16H20N4O4. The third-order valence-corrected chi connectivity index (χ3v) is 4.05. The number of hydrogen-bond donors (Lipinski definition) is 1. The molecule has 0 radical (unpaired) electrons. The summed E-state index contributed by atoms with van der Waals surface area (Å²) in [4.78, 5) is 30.4. The first-order chi connectivity index (χ1) is 11.6. The lowest BCUT2D eigenvalue weighted by Crippen LogP contribution is -2.42. The Balaban J connectivity index is 1.69. The predicted octanol–water partition coefficient (Wildman–Crippen LogP) is 0.956. The molecule has 3 rings (SSSR count). The molecule has 2 aromatic heterocycles. The van der Waals surface area contributed by atoms with Crippen molar-refractivity contribution in [2.24, 2.45) is 0 Å². The van der Waals surface area contributed by atoms with E-state index in [1.54, 1.807) is 29.5 Å². The summed E-state index contributed by atoms with van der Waals surface area (Å²) in [6.07, 6.45) is 3.28. The molecule has 1 N–H and O–H groups in total. The molecule has 3 heterocycles. The van der Waals surface area contributed by atoms with E-state index in [0.717, 1.165) is 0 Å². The summed E-state index contributed by atoms with van der Waals surface area (Å²) in [7, 11) is 1.49. The topological polar surface area (TPSA) is 89.6 Å². The highest BCUT2D eigenvalue weighted by Gasteiger charge is 2.30. The number of amides is 2. The largest absolute Gasteiger partial charge is 0.467 e. The van der Waals surface area contributed by atoms with Crippen molar-refractivity contribution in [3.63, 3.8) is 0 Å². The molecule has 24 heavy (non-hydrogen) atoms. The Hall–Kier alpha value is -2.61. The van der Waals surface area contributed by atoms with Gasteiger partial charge in [0.05, 0.1) is 18.8 Å². The number of hydrogen-bond acceptors (Lipinski definition) is 5. The van der Waals surface area contributed by atoms with E-state index >= 15 is 0 Å². The Morgan fingerprint density at radius 2 is 2.29 bits per heavy atom. The minimum Gasteiger partial charge on any atom is -0.467 e. The van der Waals surface area contributed by atoms with Gasteiger partial charge in [0.2, 0.25) is 5.91 Å². The van der Waals surface area contributed by atoms with Crippen LogP contribution in [0, 0.1) is 0 Å². The van der Waals surface area contributed by atoms with Crippen molar-refractivity contribution in [1.29, 1.82) is 0 Å². The first-order valence-electron chi connectivity index (χ1n) is 7.76. The second kappa shape index (κ2) is 6.88. The number of imidazole rings is 1. The Morgan fingerprint density at radius 3 is 3.00 bits per heavy atom. The van der Waals surface area contributed by atoms with Crippen LogP contribution in [0.5, 0.6) is 0 Å². The van der Waals surface area contributed by atoms with Crippen LogP contribution >= 0.6 is 0 Å². The monoisotopic (exact) mass is 332 g/mol. The summed E-state index contributed by atoms with van der Waals surface area (Å²) in [5.41, 5.74) is 0.337. The van der Waals surface area contributed by atoms with Crippen LogP contribution in [0.4, 0.5) is 0 Å². The van der Waals surface area contributed by atoms with Gasteiger partial charge in [0.1, 0.15) is 23.9 Å². The molecule has 8 nitrogen and oxygen atoms in total. The molecule has 0 spiro atoms. The lowest BCUT2D eigenvalue weighted by molar-refractivity contribution is -0.138. The van der Waals surface area contributed by atoms with Crippen molar-refractivity contribution in [2.75, 3.05) is 20.3 Å². The van der Waals surface area contributed by atoms with Gasteiger partial charge < -0.3 is 23.9 Å². The highest BCUT2D eigenvalue weighted by atomic mass is 16.5. The summed E-state index contributed by atoms with van der Waals surface area (Å²) < 4.78 is 12.0. The number of furan rings is 1. The molecule has 1 atom stereocenters. The molecule has 0 bridgehead atoms. The van der Waals surface area contributed by atoms with Gasteiger partial charge in [-0.3, -0.25) is 9.59 Å². The second-order valence-electron chi connectivity index (χ2n) is 5.64.